The molecule has 0 saturated heterocycles. The third-order valence-corrected chi connectivity index (χ3v) is 4.99. The van der Waals surface area contributed by atoms with E-state index in [1.807, 2.05) is 0 Å². The molecule has 0 amide bonds. The van der Waals surface area contributed by atoms with E-state index in [0.717, 1.165) is 16.4 Å². The van der Waals surface area contributed by atoms with E-state index < -0.39 is 38.9 Å². The molecule has 20 heavy (non-hydrogen) atoms. The fourth-order valence-corrected chi connectivity index (χ4v) is 3.77. The predicted octanol–water partition coefficient (Wildman–Crippen LogP) is 1.29. The van der Waals surface area contributed by atoms with Crippen LogP contribution < -0.4 is 0 Å². The predicted molar refractivity (Wildman–Crippen MR) is 72.6 cm³/mol. The van der Waals surface area contributed by atoms with Gasteiger partial charge in [-0.2, -0.15) is 4.31 Å². The molecule has 1 rings (SSSR count). The third kappa shape index (κ3) is 3.35. The SMILES string of the molecule is CCN(CCO)S(=O)(=O)c1cc(Br)cc(C(=O)O)c1F. The lowest BCUT2D eigenvalue weighted by molar-refractivity contribution is 0.0691. The van der Waals surface area contributed by atoms with Crippen molar-refractivity contribution in [1.29, 1.82) is 0 Å². The highest BCUT2D eigenvalue weighted by Crippen LogP contribution is 2.26. The second-order valence-electron chi connectivity index (χ2n) is 3.79. The van der Waals surface area contributed by atoms with Gasteiger partial charge < -0.3 is 10.2 Å². The Hall–Kier alpha value is -1.03. The molecule has 0 bridgehead atoms. The first-order valence-corrected chi connectivity index (χ1v) is 7.82. The molecule has 0 heterocycles. The Morgan fingerprint density at radius 2 is 2.05 bits per heavy atom. The molecule has 0 aromatic heterocycles. The summed E-state index contributed by atoms with van der Waals surface area (Å²) in [6.07, 6.45) is 0. The van der Waals surface area contributed by atoms with E-state index in [9.17, 15) is 17.6 Å². The molecule has 0 aliphatic carbocycles. The van der Waals surface area contributed by atoms with Gasteiger partial charge in [0.2, 0.25) is 10.0 Å². The van der Waals surface area contributed by atoms with E-state index in [1.54, 1.807) is 0 Å². The van der Waals surface area contributed by atoms with Gasteiger partial charge in [0.05, 0.1) is 12.2 Å². The number of likely N-dealkylation sites (N-methyl/N-ethyl adjacent to an activating group) is 1. The van der Waals surface area contributed by atoms with Crippen LogP contribution in [0.5, 0.6) is 0 Å². The monoisotopic (exact) mass is 369 g/mol. The molecule has 112 valence electrons. The number of rotatable bonds is 6. The Bertz CT molecular complexity index is 619. The number of carboxylic acid groups (broad SMARTS) is 1. The topological polar surface area (TPSA) is 94.9 Å². The Morgan fingerprint density at radius 3 is 2.50 bits per heavy atom. The molecule has 0 aliphatic heterocycles. The number of aliphatic hydroxyl groups is 1. The van der Waals surface area contributed by atoms with E-state index in [0.29, 0.717) is 0 Å². The normalized spacial score (nSPS) is 11.8. The van der Waals surface area contributed by atoms with Gasteiger partial charge in [0.15, 0.2) is 5.82 Å². The van der Waals surface area contributed by atoms with Crippen LogP contribution in [0.3, 0.4) is 0 Å². The Labute approximate surface area is 124 Å². The molecular formula is C11H13BrFNO5S. The zero-order valence-electron chi connectivity index (χ0n) is 10.5. The summed E-state index contributed by atoms with van der Waals surface area (Å²) in [6.45, 7) is 0.931. The maximum absolute atomic E-state index is 14.1. The van der Waals surface area contributed by atoms with Gasteiger partial charge in [-0.1, -0.05) is 22.9 Å². The summed E-state index contributed by atoms with van der Waals surface area (Å²) in [5.41, 5.74) is -0.738. The number of sulfonamides is 1. The van der Waals surface area contributed by atoms with Gasteiger partial charge in [-0.15, -0.1) is 0 Å². The smallest absolute Gasteiger partial charge is 0.338 e. The number of nitrogens with zero attached hydrogens (tertiary/aromatic N) is 1. The first kappa shape index (κ1) is 17.0. The number of benzene rings is 1. The number of halogens is 2. The Kier molecular flexibility index (Phi) is 5.63. The van der Waals surface area contributed by atoms with Crippen LogP contribution in [0.25, 0.3) is 0 Å². The quantitative estimate of drug-likeness (QED) is 0.787. The van der Waals surface area contributed by atoms with Gasteiger partial charge in [-0.25, -0.2) is 17.6 Å². The van der Waals surface area contributed by atoms with Crippen molar-refractivity contribution in [1.82, 2.24) is 4.31 Å². The second-order valence-corrected chi connectivity index (χ2v) is 6.61. The van der Waals surface area contributed by atoms with Gasteiger partial charge in [0, 0.05) is 17.6 Å². The van der Waals surface area contributed by atoms with Crippen molar-refractivity contribution in [3.8, 4) is 0 Å². The summed E-state index contributed by atoms with van der Waals surface area (Å²) in [5, 5.41) is 17.7. The number of carboxylic acids is 1. The van der Waals surface area contributed by atoms with Crippen LogP contribution in [-0.2, 0) is 10.0 Å². The molecule has 6 nitrogen and oxygen atoms in total. The molecule has 0 saturated carbocycles. The molecule has 0 atom stereocenters. The van der Waals surface area contributed by atoms with Gasteiger partial charge in [-0.05, 0) is 12.1 Å². The number of hydrogen-bond donors (Lipinski definition) is 2. The molecule has 0 fully saturated rings. The van der Waals surface area contributed by atoms with Crippen LogP contribution >= 0.6 is 15.9 Å². The van der Waals surface area contributed by atoms with E-state index >= 15 is 0 Å². The van der Waals surface area contributed by atoms with Crippen LogP contribution in [0.2, 0.25) is 0 Å². The highest BCUT2D eigenvalue weighted by molar-refractivity contribution is 9.10. The molecule has 0 spiro atoms. The summed E-state index contributed by atoms with van der Waals surface area (Å²) < 4.78 is 39.6. The lowest BCUT2D eigenvalue weighted by Gasteiger charge is -2.20. The fourth-order valence-electron chi connectivity index (χ4n) is 1.61. The standard InChI is InChI=1S/C11H13BrFNO5S/c1-2-14(3-4-15)20(18,19)9-6-7(12)5-8(10(9)13)11(16)17/h5-6,15H,2-4H2,1H3,(H,16,17). The van der Waals surface area contributed by atoms with Gasteiger partial charge in [0.1, 0.15) is 4.90 Å². The first-order valence-electron chi connectivity index (χ1n) is 5.59. The highest BCUT2D eigenvalue weighted by atomic mass is 79.9. The minimum atomic E-state index is -4.22. The van der Waals surface area contributed by atoms with Crippen LogP contribution in [0.1, 0.15) is 17.3 Å². The molecule has 0 aliphatic rings. The molecule has 1 aromatic carbocycles. The molecule has 0 unspecified atom stereocenters. The zero-order valence-corrected chi connectivity index (χ0v) is 12.9. The average Bonchev–Trinajstić information content (AvgIpc) is 2.37. The summed E-state index contributed by atoms with van der Waals surface area (Å²) >= 11 is 2.96. The van der Waals surface area contributed by atoms with E-state index in [-0.39, 0.29) is 17.6 Å². The van der Waals surface area contributed by atoms with Crippen molar-refractivity contribution in [2.24, 2.45) is 0 Å². The minimum absolute atomic E-state index is 0.0251. The van der Waals surface area contributed by atoms with E-state index in [4.69, 9.17) is 10.2 Å². The molecule has 9 heteroatoms. The third-order valence-electron chi connectivity index (χ3n) is 2.55. The lowest BCUT2D eigenvalue weighted by Crippen LogP contribution is -2.34. The molecule has 1 aromatic rings. The number of hydrogen-bond acceptors (Lipinski definition) is 4. The van der Waals surface area contributed by atoms with Crippen LogP contribution in [0.15, 0.2) is 21.5 Å². The van der Waals surface area contributed by atoms with Crippen LogP contribution in [0.4, 0.5) is 4.39 Å². The summed E-state index contributed by atoms with van der Waals surface area (Å²) in [6, 6.07) is 1.98. The van der Waals surface area contributed by atoms with Gasteiger partial charge in [-0.3, -0.25) is 0 Å². The molecular weight excluding hydrogens is 357 g/mol. The number of aliphatic hydroxyl groups excluding tert-OH is 1. The fraction of sp³-hybridized carbons (Fsp3) is 0.364. The van der Waals surface area contributed by atoms with Crippen LogP contribution in [0, 0.1) is 5.82 Å². The lowest BCUT2D eigenvalue weighted by atomic mass is 10.2. The van der Waals surface area contributed by atoms with Gasteiger partial charge >= 0.3 is 5.97 Å². The molecule has 2 N–H and O–H groups in total. The minimum Gasteiger partial charge on any atom is -0.478 e. The zero-order chi connectivity index (χ0) is 15.5. The average molecular weight is 370 g/mol. The van der Waals surface area contributed by atoms with Crippen molar-refractivity contribution in [3.05, 3.63) is 28.0 Å². The largest absolute Gasteiger partial charge is 0.478 e. The summed E-state index contributed by atoms with van der Waals surface area (Å²) in [7, 11) is -4.22. The van der Waals surface area contributed by atoms with Crippen molar-refractivity contribution in [2.45, 2.75) is 11.8 Å². The Balaban J connectivity index is 3.49. The first-order chi connectivity index (χ1) is 9.25. The van der Waals surface area contributed by atoms with E-state index in [2.05, 4.69) is 15.9 Å². The van der Waals surface area contributed by atoms with Crippen molar-refractivity contribution in [3.63, 3.8) is 0 Å². The maximum Gasteiger partial charge on any atom is 0.338 e. The molecule has 0 radical (unpaired) electrons. The van der Waals surface area contributed by atoms with Crippen molar-refractivity contribution in [2.75, 3.05) is 19.7 Å². The maximum atomic E-state index is 14.1. The number of carbonyl (C=O) groups is 1. The van der Waals surface area contributed by atoms with Crippen molar-refractivity contribution < 1.29 is 27.8 Å². The summed E-state index contributed by atoms with van der Waals surface area (Å²) in [4.78, 5) is 10.2. The Morgan fingerprint density at radius 1 is 1.45 bits per heavy atom. The summed E-state index contributed by atoms with van der Waals surface area (Å²) in [5.74, 6) is -2.89. The number of aromatic carboxylic acids is 1. The van der Waals surface area contributed by atoms with Crippen LogP contribution in [-0.4, -0.2) is 48.6 Å². The van der Waals surface area contributed by atoms with Crippen molar-refractivity contribution >= 4 is 31.9 Å². The van der Waals surface area contributed by atoms with E-state index in [1.165, 1.54) is 6.92 Å². The van der Waals surface area contributed by atoms with Gasteiger partial charge in [0.25, 0.3) is 0 Å². The second kappa shape index (κ2) is 6.61. The highest BCUT2D eigenvalue weighted by Gasteiger charge is 2.29.